The summed E-state index contributed by atoms with van der Waals surface area (Å²) in [5, 5.41) is 9.73. The fraction of sp³-hybridized carbons (Fsp3) is 0.793. The zero-order valence-corrected chi connectivity index (χ0v) is 61.6. The van der Waals surface area contributed by atoms with E-state index in [-0.39, 0.29) is 25.2 Å². The number of hydrogen-bond donors (Lipinski definition) is 1. The molecule has 0 aliphatic heterocycles. The Kier molecular flexibility index (Phi) is 79.2. The molecular weight excluding hydrogens is 1120 g/mol. The third-order valence-electron chi connectivity index (χ3n) is 18.4. The number of carbonyl (C=O) groups excluding carboxylic acids is 2. The zero-order valence-electron chi connectivity index (χ0n) is 61.6. The number of carbonyl (C=O) groups is 2. The second-order valence-corrected chi connectivity index (χ2v) is 27.5. The lowest BCUT2D eigenvalue weighted by molar-refractivity contribution is -0.161. The van der Waals surface area contributed by atoms with E-state index in [1.807, 2.05) is 0 Å². The number of aliphatic hydroxyl groups excluding tert-OH is 1. The normalized spacial score (nSPS) is 12.7. The maximum Gasteiger partial charge on any atom is 0.306 e. The molecule has 0 saturated heterocycles. The molecule has 0 aromatic carbocycles. The van der Waals surface area contributed by atoms with Gasteiger partial charge in [0.2, 0.25) is 0 Å². The van der Waals surface area contributed by atoms with Gasteiger partial charge in [-0.15, -0.1) is 0 Å². The highest BCUT2D eigenvalue weighted by Crippen LogP contribution is 2.20. The zero-order chi connectivity index (χ0) is 66.1. The fourth-order valence-electron chi connectivity index (χ4n) is 12.3. The summed E-state index contributed by atoms with van der Waals surface area (Å²) >= 11 is 0. The first-order valence-corrected chi connectivity index (χ1v) is 40.8. The van der Waals surface area contributed by atoms with Crippen LogP contribution in [0.25, 0.3) is 0 Å². The molecule has 0 aromatic heterocycles. The van der Waals surface area contributed by atoms with Crippen LogP contribution in [0.5, 0.6) is 0 Å². The third-order valence-corrected chi connectivity index (χ3v) is 18.4. The van der Waals surface area contributed by atoms with Crippen molar-refractivity contribution in [1.82, 2.24) is 0 Å². The van der Waals surface area contributed by atoms with Crippen molar-refractivity contribution in [2.24, 2.45) is 0 Å². The average molecular weight is 1280 g/mol. The third kappa shape index (κ3) is 79.3. The second kappa shape index (κ2) is 82.1. The molecule has 1 atom stereocenters. The van der Waals surface area contributed by atoms with Crippen LogP contribution in [-0.2, 0) is 19.1 Å². The van der Waals surface area contributed by atoms with E-state index in [9.17, 15) is 14.7 Å². The summed E-state index contributed by atoms with van der Waals surface area (Å²) in [5.74, 6) is -0.568. The largest absolute Gasteiger partial charge is 0.462 e. The van der Waals surface area contributed by atoms with Crippen molar-refractivity contribution in [2.45, 2.75) is 431 Å². The number of unbranched alkanes of at least 4 members (excludes halogenated alkanes) is 52. The standard InChI is InChI=1S/C87H156O5/c1-3-5-7-9-11-13-15-17-19-21-23-25-27-29-31-33-35-37-39-41-42-43-44-46-47-49-51-53-55-57-59-61-63-65-67-69-71-73-75-77-79-81-86(89)91-84-85(83-88)92-87(90)82-80-78-76-74-72-70-68-66-64-62-60-58-56-54-52-50-48-45-40-38-36-34-32-30-28-26-24-22-20-18-16-14-12-10-8-6-4-2/h6,8,12,14-15,17-18,20-21,23-24,26-27,29-30,32,85,88H,3-5,7,9-11,13,16,19,22,25,28,31,33-84H2,1-2H3/b8-6-,14-12-,17-15-,20-18-,23-21-,26-24-,29-27-,32-30-. The van der Waals surface area contributed by atoms with Gasteiger partial charge in [0.15, 0.2) is 6.10 Å². The molecule has 0 rings (SSSR count). The van der Waals surface area contributed by atoms with Gasteiger partial charge in [-0.05, 0) is 96.3 Å². The molecule has 0 saturated carbocycles. The highest BCUT2D eigenvalue weighted by Gasteiger charge is 2.16. The van der Waals surface area contributed by atoms with Gasteiger partial charge >= 0.3 is 11.9 Å². The van der Waals surface area contributed by atoms with E-state index in [2.05, 4.69) is 111 Å². The van der Waals surface area contributed by atoms with Crippen LogP contribution in [0.3, 0.4) is 0 Å². The van der Waals surface area contributed by atoms with Gasteiger partial charge in [0.05, 0.1) is 6.61 Å². The predicted octanol–water partition coefficient (Wildman–Crippen LogP) is 28.9. The quantitative estimate of drug-likeness (QED) is 0.0373. The Hall–Kier alpha value is -3.18. The molecule has 5 nitrogen and oxygen atoms in total. The van der Waals surface area contributed by atoms with Crippen LogP contribution >= 0.6 is 0 Å². The molecule has 0 aliphatic rings. The number of hydrogen-bond acceptors (Lipinski definition) is 5. The van der Waals surface area contributed by atoms with Crippen molar-refractivity contribution in [1.29, 1.82) is 0 Å². The van der Waals surface area contributed by atoms with Gasteiger partial charge in [-0.25, -0.2) is 0 Å². The predicted molar refractivity (Wildman–Crippen MR) is 408 cm³/mol. The highest BCUT2D eigenvalue weighted by atomic mass is 16.6. The van der Waals surface area contributed by atoms with Crippen molar-refractivity contribution in [3.8, 4) is 0 Å². The van der Waals surface area contributed by atoms with Gasteiger partial charge in [0.1, 0.15) is 6.61 Å². The fourth-order valence-corrected chi connectivity index (χ4v) is 12.3. The first-order chi connectivity index (χ1) is 45.6. The van der Waals surface area contributed by atoms with Crippen molar-refractivity contribution in [2.75, 3.05) is 13.2 Å². The number of allylic oxidation sites excluding steroid dienone is 16. The van der Waals surface area contributed by atoms with Gasteiger partial charge in [-0.3, -0.25) is 9.59 Å². The maximum atomic E-state index is 12.4. The van der Waals surface area contributed by atoms with Crippen LogP contribution in [0, 0.1) is 0 Å². The number of aliphatic hydroxyl groups is 1. The first-order valence-electron chi connectivity index (χ1n) is 40.8. The van der Waals surface area contributed by atoms with E-state index in [1.165, 1.54) is 315 Å². The highest BCUT2D eigenvalue weighted by molar-refractivity contribution is 5.70. The molecule has 0 aliphatic carbocycles. The first kappa shape index (κ1) is 88.8. The van der Waals surface area contributed by atoms with E-state index in [0.29, 0.717) is 12.8 Å². The van der Waals surface area contributed by atoms with Gasteiger partial charge < -0.3 is 14.6 Å². The summed E-state index contributed by atoms with van der Waals surface area (Å²) in [6.45, 7) is 4.07. The monoisotopic (exact) mass is 1280 g/mol. The van der Waals surface area contributed by atoms with Gasteiger partial charge in [-0.2, -0.15) is 0 Å². The Morgan fingerprint density at radius 1 is 0.261 bits per heavy atom. The van der Waals surface area contributed by atoms with Gasteiger partial charge in [0, 0.05) is 12.8 Å². The molecule has 0 aromatic rings. The van der Waals surface area contributed by atoms with Crippen LogP contribution in [0.1, 0.15) is 425 Å². The molecule has 1 N–H and O–H groups in total. The smallest absolute Gasteiger partial charge is 0.306 e. The minimum atomic E-state index is -0.774. The van der Waals surface area contributed by atoms with Crippen LogP contribution in [0.2, 0.25) is 0 Å². The molecule has 0 radical (unpaired) electrons. The van der Waals surface area contributed by atoms with Gasteiger partial charge in [-0.1, -0.05) is 413 Å². The van der Waals surface area contributed by atoms with Crippen molar-refractivity contribution in [3.63, 3.8) is 0 Å². The van der Waals surface area contributed by atoms with Gasteiger partial charge in [0.25, 0.3) is 0 Å². The second-order valence-electron chi connectivity index (χ2n) is 27.5. The molecule has 5 heteroatoms. The average Bonchev–Trinajstić information content (AvgIpc) is 3.70. The van der Waals surface area contributed by atoms with Crippen molar-refractivity contribution in [3.05, 3.63) is 97.2 Å². The Bertz CT molecular complexity index is 1700. The Balaban J connectivity index is 3.39. The summed E-state index contributed by atoms with van der Waals surface area (Å²) < 4.78 is 10.8. The minimum absolute atomic E-state index is 0.0618. The molecule has 0 bridgehead atoms. The molecule has 92 heavy (non-hydrogen) atoms. The minimum Gasteiger partial charge on any atom is -0.462 e. The summed E-state index contributed by atoms with van der Waals surface area (Å²) in [6, 6.07) is 0. The Morgan fingerprint density at radius 2 is 0.467 bits per heavy atom. The number of ether oxygens (including phenoxy) is 2. The van der Waals surface area contributed by atoms with E-state index >= 15 is 0 Å². The van der Waals surface area contributed by atoms with Crippen LogP contribution < -0.4 is 0 Å². The lowest BCUT2D eigenvalue weighted by Gasteiger charge is -2.15. The van der Waals surface area contributed by atoms with E-state index in [0.717, 1.165) is 83.5 Å². The SMILES string of the molecule is CC/C=C\C/C=C\C/C=C\C/C=C\C/C=C\CCCCCCCCCCCCCCCCCCCCCCCC(=O)OC(CO)COC(=O)CCCCCCCCCCCCCCCCCCCCCCCCCCCC/C=C\C/C=C\C/C=C\CCCCCCC. The van der Waals surface area contributed by atoms with Crippen LogP contribution in [0.4, 0.5) is 0 Å². The van der Waals surface area contributed by atoms with Crippen molar-refractivity contribution < 1.29 is 24.2 Å². The van der Waals surface area contributed by atoms with E-state index in [1.54, 1.807) is 0 Å². The lowest BCUT2D eigenvalue weighted by atomic mass is 10.0. The van der Waals surface area contributed by atoms with E-state index in [4.69, 9.17) is 9.47 Å². The van der Waals surface area contributed by atoms with Crippen molar-refractivity contribution >= 4 is 11.9 Å². The van der Waals surface area contributed by atoms with Crippen LogP contribution in [0.15, 0.2) is 97.2 Å². The summed E-state index contributed by atoms with van der Waals surface area (Å²) in [4.78, 5) is 24.7. The number of esters is 2. The Morgan fingerprint density at radius 3 is 0.707 bits per heavy atom. The lowest BCUT2D eigenvalue weighted by Crippen LogP contribution is -2.28. The molecule has 534 valence electrons. The molecule has 0 spiro atoms. The maximum absolute atomic E-state index is 12.4. The Labute approximate surface area is 574 Å². The molecule has 0 amide bonds. The molecule has 0 heterocycles. The molecular formula is C87H156O5. The summed E-state index contributed by atoms with van der Waals surface area (Å²) in [5.41, 5.74) is 0. The molecule has 0 fully saturated rings. The topological polar surface area (TPSA) is 72.8 Å². The summed E-state index contributed by atoms with van der Waals surface area (Å²) in [7, 11) is 0. The van der Waals surface area contributed by atoms with E-state index < -0.39 is 6.10 Å². The number of rotatable bonds is 76. The summed E-state index contributed by atoms with van der Waals surface area (Å²) in [6.07, 6.45) is 118. The van der Waals surface area contributed by atoms with Crippen LogP contribution in [-0.4, -0.2) is 36.4 Å². The molecule has 1 unspecified atom stereocenters.